The van der Waals surface area contributed by atoms with Crippen LogP contribution in [0.15, 0.2) is 29.2 Å². The van der Waals surface area contributed by atoms with E-state index in [0.717, 1.165) is 10.6 Å². The molecule has 0 spiro atoms. The van der Waals surface area contributed by atoms with Crippen molar-refractivity contribution in [3.63, 3.8) is 0 Å². The molecule has 1 rings (SSSR count). The summed E-state index contributed by atoms with van der Waals surface area (Å²) in [5.41, 5.74) is 5.28. The molecule has 4 nitrogen and oxygen atoms in total. The molecule has 1 aromatic carbocycles. The second-order valence-electron chi connectivity index (χ2n) is 3.11. The zero-order chi connectivity index (χ0) is 11.8. The maximum absolute atomic E-state index is 11.3. The van der Waals surface area contributed by atoms with E-state index in [-0.39, 0.29) is 18.3 Å². The van der Waals surface area contributed by atoms with E-state index in [1.54, 1.807) is 7.11 Å². The average molecular weight is 277 g/mol. The first kappa shape index (κ1) is 16.1. The van der Waals surface area contributed by atoms with Crippen LogP contribution in [0.2, 0.25) is 0 Å². The second kappa shape index (κ2) is 9.15. The third-order valence-corrected chi connectivity index (χ3v) is 2.87. The van der Waals surface area contributed by atoms with Crippen molar-refractivity contribution in [2.24, 2.45) is 5.73 Å². The molecule has 1 amide bonds. The highest BCUT2D eigenvalue weighted by molar-refractivity contribution is 8.00. The Morgan fingerprint density at radius 1 is 1.53 bits per heavy atom. The first-order chi connectivity index (χ1) is 7.76. The summed E-state index contributed by atoms with van der Waals surface area (Å²) in [6.07, 6.45) is 0. The smallest absolute Gasteiger partial charge is 0.230 e. The number of benzene rings is 1. The molecule has 0 aliphatic carbocycles. The molecule has 0 unspecified atom stereocenters. The number of methoxy groups -OCH3 is 1. The summed E-state index contributed by atoms with van der Waals surface area (Å²) in [5, 5.41) is 2.72. The number of carbonyl (C=O) groups is 1. The molecular weight excluding hydrogens is 260 g/mol. The van der Waals surface area contributed by atoms with Crippen molar-refractivity contribution in [1.29, 1.82) is 0 Å². The van der Waals surface area contributed by atoms with Crippen molar-refractivity contribution in [2.75, 3.05) is 26.0 Å². The lowest BCUT2D eigenvalue weighted by molar-refractivity contribution is -0.118. The van der Waals surface area contributed by atoms with Crippen molar-refractivity contribution in [2.45, 2.75) is 4.90 Å². The van der Waals surface area contributed by atoms with Crippen LogP contribution in [0.25, 0.3) is 0 Å². The predicted octanol–water partition coefficient (Wildman–Crippen LogP) is 1.28. The summed E-state index contributed by atoms with van der Waals surface area (Å²) in [7, 11) is 1.62. The first-order valence-electron chi connectivity index (χ1n) is 5.00. The summed E-state index contributed by atoms with van der Waals surface area (Å²) in [6.45, 7) is 0.993. The predicted molar refractivity (Wildman–Crippen MR) is 73.0 cm³/mol. The van der Waals surface area contributed by atoms with Crippen molar-refractivity contribution in [1.82, 2.24) is 5.32 Å². The van der Waals surface area contributed by atoms with Crippen molar-refractivity contribution in [3.8, 4) is 5.75 Å². The molecule has 17 heavy (non-hydrogen) atoms. The Morgan fingerprint density at radius 3 is 2.94 bits per heavy atom. The van der Waals surface area contributed by atoms with Crippen LogP contribution < -0.4 is 15.8 Å². The van der Waals surface area contributed by atoms with Crippen molar-refractivity contribution < 1.29 is 9.53 Å². The Hall–Kier alpha value is -0.910. The number of rotatable bonds is 6. The fraction of sp³-hybridized carbons (Fsp3) is 0.364. The number of halogens is 1. The highest BCUT2D eigenvalue weighted by atomic mass is 35.5. The highest BCUT2D eigenvalue weighted by Crippen LogP contribution is 2.22. The number of thioether (sulfide) groups is 1. The van der Waals surface area contributed by atoms with E-state index in [0.29, 0.717) is 18.8 Å². The lowest BCUT2D eigenvalue weighted by Crippen LogP contribution is -2.30. The number of nitrogens with two attached hydrogens (primary N) is 1. The van der Waals surface area contributed by atoms with Gasteiger partial charge in [0.05, 0.1) is 12.9 Å². The molecule has 0 saturated carbocycles. The molecule has 0 atom stereocenters. The van der Waals surface area contributed by atoms with Gasteiger partial charge in [0.25, 0.3) is 0 Å². The lowest BCUT2D eigenvalue weighted by atomic mass is 10.3. The van der Waals surface area contributed by atoms with Crippen LogP contribution in [0.4, 0.5) is 0 Å². The van der Waals surface area contributed by atoms with Gasteiger partial charge in [-0.2, -0.15) is 0 Å². The van der Waals surface area contributed by atoms with E-state index in [9.17, 15) is 4.79 Å². The van der Waals surface area contributed by atoms with Crippen LogP contribution in [0.1, 0.15) is 0 Å². The summed E-state index contributed by atoms with van der Waals surface area (Å²) < 4.78 is 5.10. The molecule has 0 aromatic heterocycles. The summed E-state index contributed by atoms with van der Waals surface area (Å²) >= 11 is 1.48. The number of carbonyl (C=O) groups excluding carboxylic acids is 1. The van der Waals surface area contributed by atoms with Crippen LogP contribution in [0.3, 0.4) is 0 Å². The van der Waals surface area contributed by atoms with Crippen molar-refractivity contribution >= 4 is 30.1 Å². The SMILES string of the molecule is COc1cccc(SCC(=O)NCCN)c1.Cl. The minimum atomic E-state index is -0.00160. The molecule has 3 N–H and O–H groups in total. The number of amides is 1. The molecule has 6 heteroatoms. The highest BCUT2D eigenvalue weighted by Gasteiger charge is 2.02. The van der Waals surface area contributed by atoms with Gasteiger partial charge in [0.15, 0.2) is 0 Å². The van der Waals surface area contributed by atoms with Crippen LogP contribution in [-0.4, -0.2) is 31.9 Å². The molecule has 0 aliphatic heterocycles. The summed E-state index contributed by atoms with van der Waals surface area (Å²) in [5.74, 6) is 1.19. The van der Waals surface area contributed by atoms with Gasteiger partial charge >= 0.3 is 0 Å². The molecule has 96 valence electrons. The second-order valence-corrected chi connectivity index (χ2v) is 4.16. The van der Waals surface area contributed by atoms with Gasteiger partial charge in [0.2, 0.25) is 5.91 Å². The van der Waals surface area contributed by atoms with Gasteiger partial charge in [-0.05, 0) is 18.2 Å². The van der Waals surface area contributed by atoms with Gasteiger partial charge in [-0.3, -0.25) is 4.79 Å². The molecule has 0 radical (unpaired) electrons. The molecular formula is C11H17ClN2O2S. The molecule has 0 aliphatic rings. The normalized spacial score (nSPS) is 9.29. The number of hydrogen-bond donors (Lipinski definition) is 2. The van der Waals surface area contributed by atoms with Crippen LogP contribution in [0, 0.1) is 0 Å². The minimum absolute atomic E-state index is 0. The fourth-order valence-corrected chi connectivity index (χ4v) is 1.88. The van der Waals surface area contributed by atoms with Gasteiger partial charge in [0.1, 0.15) is 5.75 Å². The third-order valence-electron chi connectivity index (χ3n) is 1.88. The van der Waals surface area contributed by atoms with Crippen LogP contribution in [0.5, 0.6) is 5.75 Å². The maximum atomic E-state index is 11.3. The largest absolute Gasteiger partial charge is 0.497 e. The standard InChI is InChI=1S/C11H16N2O2S.ClH/c1-15-9-3-2-4-10(7-9)16-8-11(14)13-6-5-12;/h2-4,7H,5-6,8,12H2,1H3,(H,13,14);1H. The molecule has 0 bridgehead atoms. The Labute approximate surface area is 112 Å². The first-order valence-corrected chi connectivity index (χ1v) is 5.98. The molecule has 0 saturated heterocycles. The lowest BCUT2D eigenvalue weighted by Gasteiger charge is -2.05. The maximum Gasteiger partial charge on any atom is 0.230 e. The van der Waals surface area contributed by atoms with E-state index >= 15 is 0 Å². The summed E-state index contributed by atoms with van der Waals surface area (Å²) in [4.78, 5) is 12.3. The fourth-order valence-electron chi connectivity index (χ4n) is 1.10. The minimum Gasteiger partial charge on any atom is -0.497 e. The van der Waals surface area contributed by atoms with Gasteiger partial charge in [0, 0.05) is 18.0 Å². The third kappa shape index (κ3) is 6.41. The number of hydrogen-bond acceptors (Lipinski definition) is 4. The van der Waals surface area contributed by atoms with Crippen LogP contribution >= 0.6 is 24.2 Å². The zero-order valence-electron chi connectivity index (χ0n) is 9.64. The van der Waals surface area contributed by atoms with E-state index < -0.39 is 0 Å². The number of ether oxygens (including phenoxy) is 1. The van der Waals surface area contributed by atoms with Crippen molar-refractivity contribution in [3.05, 3.63) is 24.3 Å². The molecule has 0 fully saturated rings. The van der Waals surface area contributed by atoms with Gasteiger partial charge in [-0.1, -0.05) is 6.07 Å². The quantitative estimate of drug-likeness (QED) is 0.769. The Kier molecular flexibility index (Phi) is 8.66. The average Bonchev–Trinajstić information content (AvgIpc) is 2.34. The van der Waals surface area contributed by atoms with E-state index in [4.69, 9.17) is 10.5 Å². The Bertz CT molecular complexity index is 350. The topological polar surface area (TPSA) is 64.3 Å². The van der Waals surface area contributed by atoms with Gasteiger partial charge < -0.3 is 15.8 Å². The van der Waals surface area contributed by atoms with E-state index in [1.807, 2.05) is 24.3 Å². The van der Waals surface area contributed by atoms with Gasteiger partial charge in [-0.15, -0.1) is 24.2 Å². The zero-order valence-corrected chi connectivity index (χ0v) is 11.3. The van der Waals surface area contributed by atoms with E-state index in [2.05, 4.69) is 5.32 Å². The molecule has 0 heterocycles. The Morgan fingerprint density at radius 2 is 2.29 bits per heavy atom. The van der Waals surface area contributed by atoms with E-state index in [1.165, 1.54) is 11.8 Å². The monoisotopic (exact) mass is 276 g/mol. The van der Waals surface area contributed by atoms with Crippen LogP contribution in [-0.2, 0) is 4.79 Å². The van der Waals surface area contributed by atoms with Gasteiger partial charge in [-0.25, -0.2) is 0 Å². The Balaban J connectivity index is 0.00000256. The molecule has 1 aromatic rings. The number of nitrogens with one attached hydrogen (secondary N) is 1. The summed E-state index contributed by atoms with van der Waals surface area (Å²) in [6, 6.07) is 7.63.